The summed E-state index contributed by atoms with van der Waals surface area (Å²) < 4.78 is 0. The van der Waals surface area contributed by atoms with Gasteiger partial charge in [0.15, 0.2) is 6.04 Å². The first-order valence-electron chi connectivity index (χ1n) is 2.96. The molecular formula is C4H10N4O5Zn. The summed E-state index contributed by atoms with van der Waals surface area (Å²) in [7, 11) is 0. The van der Waals surface area contributed by atoms with Gasteiger partial charge >= 0.3 is 11.9 Å². The molecule has 0 amide bonds. The van der Waals surface area contributed by atoms with E-state index in [1.165, 1.54) is 0 Å². The Hall–Kier alpha value is -0.637. The summed E-state index contributed by atoms with van der Waals surface area (Å²) in [6, 6.07) is -1.88. The van der Waals surface area contributed by atoms with Gasteiger partial charge in [-0.3, -0.25) is 5.73 Å². The number of hydrogen-bond donors (Lipinski definition) is 5. The Labute approximate surface area is 91.3 Å². The molecule has 0 aromatic carbocycles. The van der Waals surface area contributed by atoms with Crippen LogP contribution in [0.15, 0.2) is 0 Å². The standard InChI is InChI=1S/C4H10N4O5.Zn/c5-1(2(9)12-7)4(6,11)3(10)13-8;/h1,11H,5-8H2;. The van der Waals surface area contributed by atoms with E-state index in [1.54, 1.807) is 0 Å². The number of aliphatic hydroxyl groups is 1. The Morgan fingerprint density at radius 3 is 2.00 bits per heavy atom. The van der Waals surface area contributed by atoms with E-state index in [9.17, 15) is 9.59 Å². The fourth-order valence-electron chi connectivity index (χ4n) is 0.474. The van der Waals surface area contributed by atoms with Gasteiger partial charge in [-0.15, -0.1) is 0 Å². The van der Waals surface area contributed by atoms with Crippen molar-refractivity contribution in [2.75, 3.05) is 0 Å². The van der Waals surface area contributed by atoms with E-state index >= 15 is 0 Å². The fourth-order valence-corrected chi connectivity index (χ4v) is 0.474. The summed E-state index contributed by atoms with van der Waals surface area (Å²) in [6.45, 7) is 0. The van der Waals surface area contributed by atoms with Crippen molar-refractivity contribution in [1.29, 1.82) is 0 Å². The third-order valence-electron chi connectivity index (χ3n) is 1.28. The van der Waals surface area contributed by atoms with Gasteiger partial charge in [-0.2, -0.15) is 11.8 Å². The third-order valence-corrected chi connectivity index (χ3v) is 1.28. The summed E-state index contributed by atoms with van der Waals surface area (Å²) in [5.41, 5.74) is 7.13. The molecule has 0 saturated heterocycles. The van der Waals surface area contributed by atoms with Gasteiger partial charge in [-0.25, -0.2) is 9.59 Å². The predicted octanol–water partition coefficient (Wildman–Crippen LogP) is -4.21. The molecule has 0 rings (SSSR count). The Balaban J connectivity index is 0. The average Bonchev–Trinajstić information content (AvgIpc) is 2.13. The zero-order valence-electron chi connectivity index (χ0n) is 7.17. The molecule has 0 aromatic heterocycles. The Morgan fingerprint density at radius 2 is 1.71 bits per heavy atom. The molecule has 0 aliphatic heterocycles. The molecule has 0 aliphatic carbocycles. The van der Waals surface area contributed by atoms with Crippen molar-refractivity contribution < 1.29 is 43.8 Å². The summed E-state index contributed by atoms with van der Waals surface area (Å²) in [5.74, 6) is 6.08. The van der Waals surface area contributed by atoms with Crippen molar-refractivity contribution >= 4 is 11.9 Å². The second-order valence-corrected chi connectivity index (χ2v) is 2.15. The first-order chi connectivity index (χ1) is 5.87. The molecule has 0 saturated carbocycles. The minimum Gasteiger partial charge on any atom is -0.372 e. The molecule has 0 aromatic rings. The Bertz CT molecular complexity index is 222. The second kappa shape index (κ2) is 5.96. The van der Waals surface area contributed by atoms with Gasteiger partial charge in [0.25, 0.3) is 0 Å². The normalized spacial score (nSPS) is 15.8. The summed E-state index contributed by atoms with van der Waals surface area (Å²) in [6.07, 6.45) is 0. The predicted molar refractivity (Wildman–Crippen MR) is 37.7 cm³/mol. The van der Waals surface area contributed by atoms with Crippen LogP contribution in [0.25, 0.3) is 0 Å². The molecule has 14 heavy (non-hydrogen) atoms. The molecule has 0 heterocycles. The van der Waals surface area contributed by atoms with E-state index in [4.69, 9.17) is 16.6 Å². The zero-order chi connectivity index (χ0) is 10.6. The molecular weight excluding hydrogens is 249 g/mol. The number of rotatable bonds is 3. The molecule has 0 spiro atoms. The minimum absolute atomic E-state index is 0. The molecule has 2 atom stereocenters. The van der Waals surface area contributed by atoms with Crippen molar-refractivity contribution in [3.63, 3.8) is 0 Å². The van der Waals surface area contributed by atoms with E-state index in [1.807, 2.05) is 0 Å². The zero-order valence-corrected chi connectivity index (χ0v) is 10.1. The molecule has 0 bridgehead atoms. The van der Waals surface area contributed by atoms with Crippen molar-refractivity contribution in [2.45, 2.75) is 11.8 Å². The first kappa shape index (κ1) is 15.8. The van der Waals surface area contributed by atoms with Gasteiger partial charge in [-0.05, 0) is 0 Å². The average molecular weight is 260 g/mol. The number of carbonyl (C=O) groups excluding carboxylic acids is 2. The summed E-state index contributed by atoms with van der Waals surface area (Å²) in [5, 5.41) is 9.09. The van der Waals surface area contributed by atoms with Crippen LogP contribution < -0.4 is 23.3 Å². The Morgan fingerprint density at radius 1 is 1.29 bits per heavy atom. The van der Waals surface area contributed by atoms with Crippen LogP contribution in [0.5, 0.6) is 0 Å². The van der Waals surface area contributed by atoms with Gasteiger partial charge in [0, 0.05) is 19.5 Å². The summed E-state index contributed by atoms with van der Waals surface area (Å²) >= 11 is 0. The van der Waals surface area contributed by atoms with Crippen LogP contribution in [0.1, 0.15) is 0 Å². The van der Waals surface area contributed by atoms with Crippen molar-refractivity contribution in [3.05, 3.63) is 0 Å². The van der Waals surface area contributed by atoms with E-state index < -0.39 is 23.7 Å². The van der Waals surface area contributed by atoms with E-state index in [-0.39, 0.29) is 19.5 Å². The maximum absolute atomic E-state index is 10.6. The van der Waals surface area contributed by atoms with E-state index in [0.717, 1.165) is 0 Å². The Kier molecular flexibility index (Phi) is 6.74. The number of hydrogen-bond acceptors (Lipinski definition) is 9. The van der Waals surface area contributed by atoms with E-state index in [2.05, 4.69) is 21.5 Å². The molecule has 0 radical (unpaired) electrons. The number of carbonyl (C=O) groups is 2. The topological polar surface area (TPSA) is 177 Å². The molecule has 2 unspecified atom stereocenters. The van der Waals surface area contributed by atoms with Crippen molar-refractivity contribution in [1.82, 2.24) is 0 Å². The van der Waals surface area contributed by atoms with Crippen LogP contribution in [-0.4, -0.2) is 28.8 Å². The van der Waals surface area contributed by atoms with Gasteiger partial charge in [0.2, 0.25) is 5.72 Å². The van der Waals surface area contributed by atoms with Crippen LogP contribution in [0.4, 0.5) is 0 Å². The molecule has 78 valence electrons. The van der Waals surface area contributed by atoms with E-state index in [0.29, 0.717) is 0 Å². The molecule has 9 nitrogen and oxygen atoms in total. The van der Waals surface area contributed by atoms with Gasteiger partial charge in [-0.1, -0.05) is 0 Å². The maximum atomic E-state index is 10.6. The third kappa shape index (κ3) is 3.25. The second-order valence-electron chi connectivity index (χ2n) is 2.15. The molecule has 10 heteroatoms. The van der Waals surface area contributed by atoms with Crippen LogP contribution in [0.2, 0.25) is 0 Å². The maximum Gasteiger partial charge on any atom is 0.374 e. The van der Waals surface area contributed by atoms with Gasteiger partial charge < -0.3 is 20.5 Å². The molecule has 0 fully saturated rings. The monoisotopic (exact) mass is 258 g/mol. The fraction of sp³-hybridized carbons (Fsp3) is 0.500. The van der Waals surface area contributed by atoms with Crippen molar-refractivity contribution in [3.8, 4) is 0 Å². The number of nitrogens with two attached hydrogens (primary N) is 4. The van der Waals surface area contributed by atoms with Gasteiger partial charge in [0.1, 0.15) is 0 Å². The van der Waals surface area contributed by atoms with Crippen LogP contribution in [-0.2, 0) is 38.7 Å². The molecule has 9 N–H and O–H groups in total. The van der Waals surface area contributed by atoms with Crippen LogP contribution in [0.3, 0.4) is 0 Å². The quantitative estimate of drug-likeness (QED) is 0.191. The SMILES string of the molecule is NOC(=O)C(N)C(N)(O)C(=O)ON.[Zn]. The minimum atomic E-state index is -2.77. The largest absolute Gasteiger partial charge is 0.374 e. The van der Waals surface area contributed by atoms with Gasteiger partial charge in [0.05, 0.1) is 0 Å². The van der Waals surface area contributed by atoms with Crippen LogP contribution in [0, 0.1) is 0 Å². The molecule has 0 aliphatic rings. The first-order valence-corrected chi connectivity index (χ1v) is 2.96. The summed E-state index contributed by atoms with van der Waals surface area (Å²) in [4.78, 5) is 28.5. The van der Waals surface area contributed by atoms with Crippen molar-refractivity contribution in [2.24, 2.45) is 23.3 Å². The smallest absolute Gasteiger partial charge is 0.372 e. The van der Waals surface area contributed by atoms with Crippen LogP contribution >= 0.6 is 0 Å².